The van der Waals surface area contributed by atoms with Gasteiger partial charge in [0.05, 0.1) is 12.2 Å². The molecule has 0 spiro atoms. The zero-order chi connectivity index (χ0) is 21.7. The molecule has 2 heterocycles. The maximum atomic E-state index is 12.9. The largest absolute Gasteiger partial charge is 0.456 e. The van der Waals surface area contributed by atoms with E-state index in [0.29, 0.717) is 12.1 Å². The normalized spacial score (nSPS) is 13.5. The van der Waals surface area contributed by atoms with Gasteiger partial charge < -0.3 is 14.8 Å². The topological polar surface area (TPSA) is 94.8 Å². The molecule has 8 heteroatoms. The summed E-state index contributed by atoms with van der Waals surface area (Å²) in [7, 11) is 0. The third-order valence-electron chi connectivity index (χ3n) is 4.34. The van der Waals surface area contributed by atoms with Crippen LogP contribution in [0.4, 0.5) is 4.79 Å². The summed E-state index contributed by atoms with van der Waals surface area (Å²) in [4.78, 5) is 29.3. The molecule has 1 aromatic carbocycles. The van der Waals surface area contributed by atoms with E-state index in [0.717, 1.165) is 5.56 Å². The number of aromatic nitrogens is 3. The van der Waals surface area contributed by atoms with Gasteiger partial charge >= 0.3 is 12.1 Å². The molecule has 1 amide bonds. The number of esters is 1. The number of carbonyl (C=O) groups is 2. The lowest BCUT2D eigenvalue weighted by Crippen LogP contribution is -2.46. The first kappa shape index (κ1) is 21.3. The highest BCUT2D eigenvalue weighted by Gasteiger charge is 2.27. The number of amides is 1. The molecule has 0 radical (unpaired) electrons. The molecule has 0 aliphatic rings. The van der Waals surface area contributed by atoms with Crippen LogP contribution in [0.5, 0.6) is 0 Å². The van der Waals surface area contributed by atoms with Gasteiger partial charge in [0.1, 0.15) is 17.3 Å². The molecule has 2 atom stereocenters. The molecule has 0 aliphatic carbocycles. The summed E-state index contributed by atoms with van der Waals surface area (Å²) in [5.41, 5.74) is 1.02. The number of benzene rings is 1. The maximum Gasteiger partial charge on any atom is 0.407 e. The van der Waals surface area contributed by atoms with E-state index < -0.39 is 29.8 Å². The number of alkyl carbamates (subject to hydrolysis) is 1. The van der Waals surface area contributed by atoms with Gasteiger partial charge in [0.25, 0.3) is 0 Å². The van der Waals surface area contributed by atoms with Crippen LogP contribution < -0.4 is 5.32 Å². The Morgan fingerprint density at radius 2 is 1.90 bits per heavy atom. The van der Waals surface area contributed by atoms with E-state index in [2.05, 4.69) is 15.4 Å². The lowest BCUT2D eigenvalue weighted by molar-refractivity contribution is 0.0161. The third kappa shape index (κ3) is 5.56. The van der Waals surface area contributed by atoms with E-state index in [4.69, 9.17) is 9.47 Å². The second kappa shape index (κ2) is 8.94. The number of hydrogen-bond acceptors (Lipinski definition) is 6. The Bertz CT molecular complexity index is 1010. The predicted molar refractivity (Wildman–Crippen MR) is 111 cm³/mol. The molecule has 30 heavy (non-hydrogen) atoms. The molecular formula is C22H26N4O4. The van der Waals surface area contributed by atoms with E-state index in [1.807, 2.05) is 30.3 Å². The zero-order valence-corrected chi connectivity index (χ0v) is 17.5. The van der Waals surface area contributed by atoms with Gasteiger partial charge in [-0.1, -0.05) is 30.3 Å². The van der Waals surface area contributed by atoms with Crippen molar-refractivity contribution >= 4 is 17.7 Å². The van der Waals surface area contributed by atoms with E-state index in [1.165, 1.54) is 10.7 Å². The summed E-state index contributed by atoms with van der Waals surface area (Å²) in [5.74, 6) is -0.553. The Morgan fingerprint density at radius 1 is 1.17 bits per heavy atom. The molecule has 0 bridgehead atoms. The average molecular weight is 410 g/mol. The predicted octanol–water partition coefficient (Wildman–Crippen LogP) is 3.41. The number of fused-ring (bicyclic) bond motifs is 1. The number of nitrogens with zero attached hydrogens (tertiary/aromatic N) is 3. The minimum absolute atomic E-state index is 0.262. The van der Waals surface area contributed by atoms with E-state index in [-0.39, 0.29) is 5.56 Å². The molecule has 1 N–H and O–H groups in total. The summed E-state index contributed by atoms with van der Waals surface area (Å²) < 4.78 is 12.6. The monoisotopic (exact) mass is 410 g/mol. The van der Waals surface area contributed by atoms with Crippen molar-refractivity contribution < 1.29 is 19.1 Å². The van der Waals surface area contributed by atoms with Gasteiger partial charge in [-0.05, 0) is 39.3 Å². The van der Waals surface area contributed by atoms with Crippen LogP contribution in [-0.4, -0.2) is 44.4 Å². The highest BCUT2D eigenvalue weighted by atomic mass is 16.6. The van der Waals surface area contributed by atoms with Crippen LogP contribution in [0.2, 0.25) is 0 Å². The highest BCUT2D eigenvalue weighted by molar-refractivity contribution is 5.95. The molecule has 3 rings (SSSR count). The molecule has 0 saturated carbocycles. The summed E-state index contributed by atoms with van der Waals surface area (Å²) in [6.07, 6.45) is 3.95. The lowest BCUT2D eigenvalue weighted by atomic mass is 10.0. The molecule has 3 aromatic rings. The molecule has 0 saturated heterocycles. The van der Waals surface area contributed by atoms with Crippen molar-refractivity contribution in [1.82, 2.24) is 19.9 Å². The number of hydrogen-bond donors (Lipinski definition) is 1. The SMILES string of the molecule is C[C@H](NC(=O)OC(C)(C)C)[C@H](Cc1ccccc1)OC(=O)c1cnn2cccnc12. The van der Waals surface area contributed by atoms with Crippen LogP contribution in [0.1, 0.15) is 43.6 Å². The van der Waals surface area contributed by atoms with Gasteiger partial charge in [-0.3, -0.25) is 0 Å². The third-order valence-corrected chi connectivity index (χ3v) is 4.34. The molecule has 158 valence electrons. The molecule has 2 aromatic heterocycles. The van der Waals surface area contributed by atoms with E-state index in [1.54, 1.807) is 46.2 Å². The Kier molecular flexibility index (Phi) is 6.34. The summed E-state index contributed by atoms with van der Waals surface area (Å²) in [6.45, 7) is 7.14. The fraction of sp³-hybridized carbons (Fsp3) is 0.364. The van der Waals surface area contributed by atoms with Crippen molar-refractivity contribution in [3.63, 3.8) is 0 Å². The number of nitrogens with one attached hydrogen (secondary N) is 1. The maximum absolute atomic E-state index is 12.9. The van der Waals surface area contributed by atoms with E-state index >= 15 is 0 Å². The molecule has 0 unspecified atom stereocenters. The van der Waals surface area contributed by atoms with Crippen LogP contribution in [0.3, 0.4) is 0 Å². The van der Waals surface area contributed by atoms with Crippen molar-refractivity contribution in [2.75, 3.05) is 0 Å². The average Bonchev–Trinajstić information content (AvgIpc) is 3.11. The van der Waals surface area contributed by atoms with Crippen molar-refractivity contribution in [3.05, 3.63) is 66.1 Å². The van der Waals surface area contributed by atoms with Crippen molar-refractivity contribution in [1.29, 1.82) is 0 Å². The van der Waals surface area contributed by atoms with Gasteiger partial charge in [-0.25, -0.2) is 19.1 Å². The number of carbonyl (C=O) groups excluding carboxylic acids is 2. The van der Waals surface area contributed by atoms with Gasteiger partial charge in [-0.2, -0.15) is 5.10 Å². The fourth-order valence-corrected chi connectivity index (χ4v) is 2.93. The molecular weight excluding hydrogens is 384 g/mol. The molecule has 8 nitrogen and oxygen atoms in total. The second-order valence-electron chi connectivity index (χ2n) is 8.01. The van der Waals surface area contributed by atoms with Crippen molar-refractivity contribution in [3.8, 4) is 0 Å². The van der Waals surface area contributed by atoms with Crippen LogP contribution in [0.25, 0.3) is 5.65 Å². The van der Waals surface area contributed by atoms with Crippen LogP contribution in [0.15, 0.2) is 55.0 Å². The number of rotatable bonds is 6. The first-order chi connectivity index (χ1) is 14.2. The zero-order valence-electron chi connectivity index (χ0n) is 17.5. The minimum Gasteiger partial charge on any atom is -0.456 e. The highest BCUT2D eigenvalue weighted by Crippen LogP contribution is 2.16. The first-order valence-corrected chi connectivity index (χ1v) is 9.76. The summed E-state index contributed by atoms with van der Waals surface area (Å²) >= 11 is 0. The Labute approximate surface area is 175 Å². The van der Waals surface area contributed by atoms with Crippen molar-refractivity contribution in [2.24, 2.45) is 0 Å². The fourth-order valence-electron chi connectivity index (χ4n) is 2.93. The Balaban J connectivity index is 1.78. The second-order valence-corrected chi connectivity index (χ2v) is 8.01. The van der Waals surface area contributed by atoms with Crippen LogP contribution in [0, 0.1) is 0 Å². The Morgan fingerprint density at radius 3 is 2.60 bits per heavy atom. The summed E-state index contributed by atoms with van der Waals surface area (Å²) in [6, 6.07) is 10.9. The van der Waals surface area contributed by atoms with Crippen LogP contribution >= 0.6 is 0 Å². The lowest BCUT2D eigenvalue weighted by Gasteiger charge is -2.27. The molecule has 0 fully saturated rings. The first-order valence-electron chi connectivity index (χ1n) is 9.76. The quantitative estimate of drug-likeness (QED) is 0.626. The Hall–Kier alpha value is -3.42. The van der Waals surface area contributed by atoms with Gasteiger partial charge in [0.2, 0.25) is 0 Å². The smallest absolute Gasteiger partial charge is 0.407 e. The van der Waals surface area contributed by atoms with E-state index in [9.17, 15) is 9.59 Å². The van der Waals surface area contributed by atoms with Gasteiger partial charge in [0, 0.05) is 18.8 Å². The number of ether oxygens (including phenoxy) is 2. The standard InChI is InChI=1S/C22H26N4O4/c1-15(25-21(28)30-22(2,3)4)18(13-16-9-6-5-7-10-16)29-20(27)17-14-24-26-12-8-11-23-19(17)26/h5-12,14-15,18H,13H2,1-4H3,(H,25,28)/t15-,18-/m0/s1. The van der Waals surface area contributed by atoms with Crippen LogP contribution in [-0.2, 0) is 15.9 Å². The van der Waals surface area contributed by atoms with Crippen molar-refractivity contribution in [2.45, 2.75) is 51.9 Å². The minimum atomic E-state index is -0.627. The van der Waals surface area contributed by atoms with Gasteiger partial charge in [0.15, 0.2) is 5.65 Å². The summed E-state index contributed by atoms with van der Waals surface area (Å²) in [5, 5.41) is 6.90. The van der Waals surface area contributed by atoms with Gasteiger partial charge in [-0.15, -0.1) is 0 Å². The molecule has 0 aliphatic heterocycles.